The average Bonchev–Trinajstić information content (AvgIpc) is 2.95. The van der Waals surface area contributed by atoms with Crippen LogP contribution in [-0.2, 0) is 4.74 Å². The summed E-state index contributed by atoms with van der Waals surface area (Å²) in [7, 11) is 2.90. The summed E-state index contributed by atoms with van der Waals surface area (Å²) in [6.07, 6.45) is 0. The molecule has 0 bridgehead atoms. The van der Waals surface area contributed by atoms with Gasteiger partial charge in [0.05, 0.1) is 24.9 Å². The van der Waals surface area contributed by atoms with Crippen LogP contribution in [0.25, 0.3) is 11.3 Å². The molecular weight excluding hydrogens is 274 g/mol. The Labute approximate surface area is 122 Å². The van der Waals surface area contributed by atoms with Gasteiger partial charge in [-0.1, -0.05) is 19.9 Å². The highest BCUT2D eigenvalue weighted by molar-refractivity contribution is 7.10. The number of carbonyl (C=O) groups excluding carboxylic acids is 1. The van der Waals surface area contributed by atoms with E-state index in [1.807, 2.05) is 11.4 Å². The van der Waals surface area contributed by atoms with E-state index in [9.17, 15) is 4.79 Å². The number of aromatic nitrogens is 1. The van der Waals surface area contributed by atoms with Gasteiger partial charge in [0.2, 0.25) is 0 Å². The molecule has 0 atom stereocenters. The maximum Gasteiger partial charge on any atom is 0.341 e. The van der Waals surface area contributed by atoms with Crippen molar-refractivity contribution >= 4 is 17.3 Å². The molecule has 1 aromatic carbocycles. The number of hydrogen-bond donors (Lipinski definition) is 0. The van der Waals surface area contributed by atoms with Gasteiger partial charge in [-0.05, 0) is 12.1 Å². The predicted molar refractivity (Wildman–Crippen MR) is 79.5 cm³/mol. The molecule has 2 aromatic rings. The lowest BCUT2D eigenvalue weighted by molar-refractivity contribution is 0.0597. The second-order valence-corrected chi connectivity index (χ2v) is 5.49. The number of hydrogen-bond acceptors (Lipinski definition) is 5. The molecule has 0 saturated heterocycles. The fourth-order valence-corrected chi connectivity index (χ4v) is 2.74. The van der Waals surface area contributed by atoms with Crippen LogP contribution >= 0.6 is 11.3 Å². The molecule has 5 heteroatoms. The van der Waals surface area contributed by atoms with Crippen molar-refractivity contribution in [3.63, 3.8) is 0 Å². The molecule has 1 aromatic heterocycles. The van der Waals surface area contributed by atoms with Gasteiger partial charge in [-0.15, -0.1) is 11.3 Å². The Kier molecular flexibility index (Phi) is 4.39. The third-order valence-electron chi connectivity index (χ3n) is 2.92. The summed E-state index contributed by atoms with van der Waals surface area (Å²) in [5.41, 5.74) is 2.03. The van der Waals surface area contributed by atoms with Crippen LogP contribution in [-0.4, -0.2) is 25.2 Å². The van der Waals surface area contributed by atoms with Crippen molar-refractivity contribution in [3.05, 3.63) is 34.2 Å². The largest absolute Gasteiger partial charge is 0.495 e. The Balaban J connectivity index is 2.53. The summed E-state index contributed by atoms with van der Waals surface area (Å²) in [5.74, 6) is 0.464. The molecule has 0 aliphatic heterocycles. The second kappa shape index (κ2) is 6.05. The first kappa shape index (κ1) is 14.5. The molecular formula is C15H17NO3S. The quantitative estimate of drug-likeness (QED) is 0.805. The number of para-hydroxylation sites is 1. The van der Waals surface area contributed by atoms with Crippen molar-refractivity contribution in [2.24, 2.45) is 0 Å². The van der Waals surface area contributed by atoms with Crippen LogP contribution in [0.15, 0.2) is 23.6 Å². The lowest BCUT2D eigenvalue weighted by Crippen LogP contribution is -2.05. The van der Waals surface area contributed by atoms with Gasteiger partial charge in [0.1, 0.15) is 11.3 Å². The first-order chi connectivity index (χ1) is 9.58. The summed E-state index contributed by atoms with van der Waals surface area (Å²) in [4.78, 5) is 16.4. The first-order valence-electron chi connectivity index (χ1n) is 6.29. The summed E-state index contributed by atoms with van der Waals surface area (Å²) in [6.45, 7) is 4.20. The number of thiazole rings is 1. The fourth-order valence-electron chi connectivity index (χ4n) is 1.91. The topological polar surface area (TPSA) is 48.4 Å². The highest BCUT2D eigenvalue weighted by Gasteiger charge is 2.19. The van der Waals surface area contributed by atoms with Gasteiger partial charge in [-0.25, -0.2) is 9.78 Å². The maximum atomic E-state index is 11.8. The van der Waals surface area contributed by atoms with Crippen LogP contribution in [0.4, 0.5) is 0 Å². The SMILES string of the molecule is COC(=O)c1cccc(-c2csc(C(C)C)n2)c1OC. The van der Waals surface area contributed by atoms with Crippen molar-refractivity contribution < 1.29 is 14.3 Å². The average molecular weight is 291 g/mol. The van der Waals surface area contributed by atoms with Crippen LogP contribution in [0.2, 0.25) is 0 Å². The molecule has 20 heavy (non-hydrogen) atoms. The number of ether oxygens (including phenoxy) is 2. The third kappa shape index (κ3) is 2.67. The lowest BCUT2D eigenvalue weighted by Gasteiger charge is -2.10. The molecule has 0 aliphatic rings. The molecule has 0 radical (unpaired) electrons. The smallest absolute Gasteiger partial charge is 0.341 e. The van der Waals surface area contributed by atoms with Crippen molar-refractivity contribution in [3.8, 4) is 17.0 Å². The highest BCUT2D eigenvalue weighted by atomic mass is 32.1. The molecule has 2 rings (SSSR count). The molecule has 1 heterocycles. The minimum Gasteiger partial charge on any atom is -0.495 e. The van der Waals surface area contributed by atoms with E-state index in [0.717, 1.165) is 16.3 Å². The zero-order valence-corrected chi connectivity index (χ0v) is 12.8. The number of carbonyl (C=O) groups is 1. The Morgan fingerprint density at radius 3 is 2.60 bits per heavy atom. The highest BCUT2D eigenvalue weighted by Crippen LogP contribution is 2.35. The molecule has 0 fully saturated rings. The summed E-state index contributed by atoms with van der Waals surface area (Å²) in [6, 6.07) is 5.38. The standard InChI is InChI=1S/C15H17NO3S/c1-9(2)14-16-12(8-20-14)10-6-5-7-11(13(10)18-3)15(17)19-4/h5-9H,1-4H3. The van der Waals surface area contributed by atoms with Gasteiger partial charge >= 0.3 is 5.97 Å². The van der Waals surface area contributed by atoms with Crippen LogP contribution in [0.3, 0.4) is 0 Å². The van der Waals surface area contributed by atoms with E-state index in [1.165, 1.54) is 7.11 Å². The zero-order valence-electron chi connectivity index (χ0n) is 12.0. The van der Waals surface area contributed by atoms with Gasteiger partial charge < -0.3 is 9.47 Å². The number of methoxy groups -OCH3 is 2. The number of esters is 1. The fraction of sp³-hybridized carbons (Fsp3) is 0.333. The molecule has 0 N–H and O–H groups in total. The maximum absolute atomic E-state index is 11.8. The Hall–Kier alpha value is -1.88. The van der Waals surface area contributed by atoms with Crippen molar-refractivity contribution in [2.45, 2.75) is 19.8 Å². The van der Waals surface area contributed by atoms with Crippen LogP contribution in [0.5, 0.6) is 5.75 Å². The van der Waals surface area contributed by atoms with Crippen molar-refractivity contribution in [2.75, 3.05) is 14.2 Å². The van der Waals surface area contributed by atoms with Gasteiger partial charge in [0.25, 0.3) is 0 Å². The second-order valence-electron chi connectivity index (χ2n) is 4.60. The van der Waals surface area contributed by atoms with Crippen LogP contribution < -0.4 is 4.74 Å². The summed E-state index contributed by atoms with van der Waals surface area (Å²) >= 11 is 1.61. The van der Waals surface area contributed by atoms with Crippen LogP contribution in [0, 0.1) is 0 Å². The predicted octanol–water partition coefficient (Wildman–Crippen LogP) is 3.73. The van der Waals surface area contributed by atoms with Crippen LogP contribution in [0.1, 0.15) is 35.1 Å². The Bertz CT molecular complexity index is 619. The number of nitrogens with zero attached hydrogens (tertiary/aromatic N) is 1. The van der Waals surface area contributed by atoms with E-state index < -0.39 is 5.97 Å². The Morgan fingerprint density at radius 1 is 1.30 bits per heavy atom. The molecule has 0 saturated carbocycles. The normalized spacial score (nSPS) is 10.7. The molecule has 0 unspecified atom stereocenters. The monoisotopic (exact) mass is 291 g/mol. The van der Waals surface area contributed by atoms with E-state index >= 15 is 0 Å². The molecule has 0 aliphatic carbocycles. The number of benzene rings is 1. The van der Waals surface area contributed by atoms with Crippen molar-refractivity contribution in [1.29, 1.82) is 0 Å². The molecule has 4 nitrogen and oxygen atoms in total. The first-order valence-corrected chi connectivity index (χ1v) is 7.17. The van der Waals surface area contributed by atoms with E-state index in [-0.39, 0.29) is 0 Å². The Morgan fingerprint density at radius 2 is 2.05 bits per heavy atom. The van der Waals surface area contributed by atoms with Crippen molar-refractivity contribution in [1.82, 2.24) is 4.98 Å². The van der Waals surface area contributed by atoms with Gasteiger partial charge in [0.15, 0.2) is 0 Å². The minimum absolute atomic E-state index is 0.378. The van der Waals surface area contributed by atoms with E-state index in [1.54, 1.807) is 30.6 Å². The zero-order chi connectivity index (χ0) is 14.7. The lowest BCUT2D eigenvalue weighted by atomic mass is 10.1. The minimum atomic E-state index is -0.414. The van der Waals surface area contributed by atoms with E-state index in [4.69, 9.17) is 9.47 Å². The van der Waals surface area contributed by atoms with Gasteiger partial charge in [0, 0.05) is 16.9 Å². The third-order valence-corrected chi connectivity index (χ3v) is 4.06. The van der Waals surface area contributed by atoms with E-state index in [2.05, 4.69) is 18.8 Å². The molecule has 0 amide bonds. The van der Waals surface area contributed by atoms with E-state index in [0.29, 0.717) is 17.2 Å². The molecule has 0 spiro atoms. The van der Waals surface area contributed by atoms with Gasteiger partial charge in [-0.3, -0.25) is 0 Å². The molecule has 106 valence electrons. The van der Waals surface area contributed by atoms with Gasteiger partial charge in [-0.2, -0.15) is 0 Å². The summed E-state index contributed by atoms with van der Waals surface area (Å²) < 4.78 is 10.2. The summed E-state index contributed by atoms with van der Waals surface area (Å²) in [5, 5.41) is 3.04. The number of rotatable bonds is 4.